The molecule has 1 N–H and O–H groups in total. The molecule has 0 amide bonds. The molecule has 2 aromatic rings. The van der Waals surface area contributed by atoms with Crippen molar-refractivity contribution in [1.82, 2.24) is 15.1 Å². The summed E-state index contributed by atoms with van der Waals surface area (Å²) in [6.45, 7) is 5.26. The molecule has 0 aliphatic carbocycles. The van der Waals surface area contributed by atoms with Gasteiger partial charge in [0.05, 0.1) is 5.69 Å². The second kappa shape index (κ2) is 6.87. The van der Waals surface area contributed by atoms with Crippen LogP contribution in [0.25, 0.3) is 0 Å². The summed E-state index contributed by atoms with van der Waals surface area (Å²) in [7, 11) is 2.05. The van der Waals surface area contributed by atoms with E-state index in [9.17, 15) is 0 Å². The highest BCUT2D eigenvalue weighted by molar-refractivity contribution is 7.07. The molecule has 19 heavy (non-hydrogen) atoms. The molecular formula is C15H23N3S. The van der Waals surface area contributed by atoms with Gasteiger partial charge in [0.25, 0.3) is 0 Å². The number of hydrogen-bond donors (Lipinski definition) is 1. The van der Waals surface area contributed by atoms with Gasteiger partial charge in [0, 0.05) is 24.7 Å². The van der Waals surface area contributed by atoms with E-state index in [1.807, 2.05) is 7.05 Å². The van der Waals surface area contributed by atoms with Crippen LogP contribution in [-0.4, -0.2) is 22.9 Å². The average molecular weight is 277 g/mol. The normalized spacial score (nSPS) is 12.8. The molecule has 4 heteroatoms. The Morgan fingerprint density at radius 1 is 1.37 bits per heavy atom. The molecule has 0 aromatic carbocycles. The maximum Gasteiger partial charge on any atom is 0.0624 e. The molecule has 2 heterocycles. The van der Waals surface area contributed by atoms with Gasteiger partial charge in [-0.05, 0) is 55.3 Å². The van der Waals surface area contributed by atoms with Gasteiger partial charge in [0.15, 0.2) is 0 Å². The minimum absolute atomic E-state index is 0.473. The minimum Gasteiger partial charge on any atom is -0.316 e. The van der Waals surface area contributed by atoms with E-state index in [-0.39, 0.29) is 0 Å². The Labute approximate surface area is 119 Å². The molecule has 0 spiro atoms. The molecule has 104 valence electrons. The lowest BCUT2D eigenvalue weighted by molar-refractivity contribution is 0.520. The van der Waals surface area contributed by atoms with Crippen LogP contribution in [0.2, 0.25) is 0 Å². The Morgan fingerprint density at radius 3 is 2.79 bits per heavy atom. The fourth-order valence-electron chi connectivity index (χ4n) is 2.35. The van der Waals surface area contributed by atoms with Crippen molar-refractivity contribution in [3.63, 3.8) is 0 Å². The van der Waals surface area contributed by atoms with Crippen LogP contribution in [0.3, 0.4) is 0 Å². The summed E-state index contributed by atoms with van der Waals surface area (Å²) in [5, 5.41) is 12.4. The highest BCUT2D eigenvalue weighted by Crippen LogP contribution is 2.13. The van der Waals surface area contributed by atoms with E-state index in [1.54, 1.807) is 11.3 Å². The van der Waals surface area contributed by atoms with Gasteiger partial charge in [-0.15, -0.1) is 0 Å². The van der Waals surface area contributed by atoms with Gasteiger partial charge in [-0.25, -0.2) is 0 Å². The summed E-state index contributed by atoms with van der Waals surface area (Å²) in [6, 6.07) is 4.94. The van der Waals surface area contributed by atoms with Crippen LogP contribution in [0.5, 0.6) is 0 Å². The first-order valence-corrected chi connectivity index (χ1v) is 7.95. The largest absolute Gasteiger partial charge is 0.316 e. The summed E-state index contributed by atoms with van der Waals surface area (Å²) in [6.07, 6.45) is 3.12. The number of thiophene rings is 1. The lowest BCUT2D eigenvalue weighted by Gasteiger charge is -2.16. The molecule has 0 bridgehead atoms. The third kappa shape index (κ3) is 3.67. The second-order valence-corrected chi connectivity index (χ2v) is 5.60. The number of aromatic nitrogens is 2. The first kappa shape index (κ1) is 14.3. The highest BCUT2D eigenvalue weighted by Gasteiger charge is 2.13. The van der Waals surface area contributed by atoms with Crippen molar-refractivity contribution in [3.8, 4) is 0 Å². The Balaban J connectivity index is 2.07. The molecule has 0 aliphatic rings. The molecule has 0 saturated heterocycles. The summed E-state index contributed by atoms with van der Waals surface area (Å²) in [5.41, 5.74) is 3.96. The highest BCUT2D eigenvalue weighted by atomic mass is 32.1. The van der Waals surface area contributed by atoms with Gasteiger partial charge in [-0.1, -0.05) is 6.92 Å². The molecular weight excluding hydrogens is 254 g/mol. The molecule has 2 aromatic heterocycles. The smallest absolute Gasteiger partial charge is 0.0624 e. The quantitative estimate of drug-likeness (QED) is 0.843. The second-order valence-electron chi connectivity index (χ2n) is 4.82. The molecule has 1 atom stereocenters. The van der Waals surface area contributed by atoms with E-state index in [0.717, 1.165) is 25.8 Å². The van der Waals surface area contributed by atoms with Crippen molar-refractivity contribution in [3.05, 3.63) is 39.8 Å². The van der Waals surface area contributed by atoms with Crippen molar-refractivity contribution in [2.45, 2.75) is 45.7 Å². The Bertz CT molecular complexity index is 487. The van der Waals surface area contributed by atoms with E-state index in [2.05, 4.69) is 51.8 Å². The number of rotatable bonds is 7. The number of aryl methyl sites for hydroxylation is 2. The van der Waals surface area contributed by atoms with Crippen LogP contribution in [0.4, 0.5) is 0 Å². The zero-order valence-corrected chi connectivity index (χ0v) is 12.8. The number of nitrogens with one attached hydrogen (secondary N) is 1. The number of nitrogens with zero attached hydrogens (tertiary/aromatic N) is 2. The van der Waals surface area contributed by atoms with Crippen LogP contribution in [0.15, 0.2) is 22.9 Å². The number of likely N-dealkylation sites (N-methyl/N-ethyl adjacent to an activating group) is 1. The van der Waals surface area contributed by atoms with Crippen molar-refractivity contribution in [1.29, 1.82) is 0 Å². The van der Waals surface area contributed by atoms with Crippen LogP contribution in [0, 0.1) is 0 Å². The predicted octanol–water partition coefficient (Wildman–Crippen LogP) is 2.90. The van der Waals surface area contributed by atoms with E-state index in [4.69, 9.17) is 0 Å². The van der Waals surface area contributed by atoms with Gasteiger partial charge in [0.1, 0.15) is 0 Å². The Hall–Kier alpha value is -1.13. The van der Waals surface area contributed by atoms with E-state index in [0.29, 0.717) is 6.04 Å². The average Bonchev–Trinajstić information content (AvgIpc) is 3.06. The Kier molecular flexibility index (Phi) is 5.16. The van der Waals surface area contributed by atoms with Crippen LogP contribution in [-0.2, 0) is 25.8 Å². The first-order chi connectivity index (χ1) is 9.26. The van der Waals surface area contributed by atoms with Gasteiger partial charge >= 0.3 is 0 Å². The molecule has 0 radical (unpaired) electrons. The van der Waals surface area contributed by atoms with Crippen LogP contribution in [0.1, 0.15) is 30.8 Å². The first-order valence-electron chi connectivity index (χ1n) is 7.00. The topological polar surface area (TPSA) is 29.9 Å². The fraction of sp³-hybridized carbons (Fsp3) is 0.533. The van der Waals surface area contributed by atoms with Crippen molar-refractivity contribution >= 4 is 11.3 Å². The zero-order valence-electron chi connectivity index (χ0n) is 12.0. The summed E-state index contributed by atoms with van der Waals surface area (Å²) >= 11 is 1.77. The maximum atomic E-state index is 4.62. The fourth-order valence-corrected chi connectivity index (χ4v) is 3.03. The lowest BCUT2D eigenvalue weighted by Crippen LogP contribution is -2.30. The molecule has 2 rings (SSSR count). The predicted molar refractivity (Wildman–Crippen MR) is 81.9 cm³/mol. The standard InChI is InChI=1S/C15H23N3S/c1-4-13-9-15(18(5-2)17-13)10-14(16-3)8-12-6-7-19-11-12/h6-7,9,11,14,16H,4-5,8,10H2,1-3H3. The lowest BCUT2D eigenvalue weighted by atomic mass is 10.0. The van der Waals surface area contributed by atoms with Gasteiger partial charge in [-0.3, -0.25) is 4.68 Å². The minimum atomic E-state index is 0.473. The summed E-state index contributed by atoms with van der Waals surface area (Å²) in [4.78, 5) is 0. The van der Waals surface area contributed by atoms with Gasteiger partial charge in [-0.2, -0.15) is 16.4 Å². The van der Waals surface area contributed by atoms with E-state index < -0.39 is 0 Å². The van der Waals surface area contributed by atoms with Crippen LogP contribution >= 0.6 is 11.3 Å². The monoisotopic (exact) mass is 277 g/mol. The SMILES string of the molecule is CCc1cc(CC(Cc2ccsc2)NC)n(CC)n1. The zero-order chi connectivity index (χ0) is 13.7. The molecule has 1 unspecified atom stereocenters. The van der Waals surface area contributed by atoms with E-state index >= 15 is 0 Å². The van der Waals surface area contributed by atoms with E-state index in [1.165, 1.54) is 17.0 Å². The molecule has 0 aliphatic heterocycles. The molecule has 0 saturated carbocycles. The summed E-state index contributed by atoms with van der Waals surface area (Å²) < 4.78 is 2.14. The summed E-state index contributed by atoms with van der Waals surface area (Å²) in [5.74, 6) is 0. The third-order valence-electron chi connectivity index (χ3n) is 3.50. The number of hydrogen-bond acceptors (Lipinski definition) is 3. The van der Waals surface area contributed by atoms with Crippen molar-refractivity contribution < 1.29 is 0 Å². The van der Waals surface area contributed by atoms with Gasteiger partial charge in [0.2, 0.25) is 0 Å². The molecule has 0 fully saturated rings. The maximum absolute atomic E-state index is 4.62. The Morgan fingerprint density at radius 2 is 2.21 bits per heavy atom. The van der Waals surface area contributed by atoms with Crippen molar-refractivity contribution in [2.75, 3.05) is 7.05 Å². The third-order valence-corrected chi connectivity index (χ3v) is 4.23. The van der Waals surface area contributed by atoms with Crippen LogP contribution < -0.4 is 5.32 Å². The van der Waals surface area contributed by atoms with Crippen molar-refractivity contribution in [2.24, 2.45) is 0 Å². The van der Waals surface area contributed by atoms with Gasteiger partial charge < -0.3 is 5.32 Å². The molecule has 3 nitrogen and oxygen atoms in total.